The Kier molecular flexibility index (Phi) is 6.96. The van der Waals surface area contributed by atoms with Crippen LogP contribution >= 0.6 is 0 Å². The Balaban J connectivity index is 1.21. The third kappa shape index (κ3) is 5.18. The second-order valence-corrected chi connectivity index (χ2v) is 8.88. The maximum Gasteiger partial charge on any atom is 0.407 e. The molecule has 2 amide bonds. The van der Waals surface area contributed by atoms with Crippen molar-refractivity contribution in [2.24, 2.45) is 17.8 Å². The molecule has 174 valence electrons. The van der Waals surface area contributed by atoms with Crippen LogP contribution < -0.4 is 10.6 Å². The van der Waals surface area contributed by atoms with Gasteiger partial charge < -0.3 is 20.5 Å². The number of aliphatic carboxylic acids is 1. The molecule has 7 heteroatoms. The molecule has 0 spiro atoms. The van der Waals surface area contributed by atoms with Crippen LogP contribution in [0.15, 0.2) is 48.5 Å². The molecular formula is C26H30N2O5. The molecule has 0 radical (unpaired) electrons. The van der Waals surface area contributed by atoms with Gasteiger partial charge >= 0.3 is 12.1 Å². The van der Waals surface area contributed by atoms with Gasteiger partial charge in [0.05, 0.1) is 5.92 Å². The second-order valence-electron chi connectivity index (χ2n) is 8.88. The maximum atomic E-state index is 12.3. The number of carbonyl (C=O) groups excluding carboxylic acids is 2. The Hall–Kier alpha value is -3.35. The number of ether oxygens (including phenoxy) is 1. The van der Waals surface area contributed by atoms with Crippen LogP contribution in [0.25, 0.3) is 11.1 Å². The Bertz CT molecular complexity index is 991. The molecule has 1 fully saturated rings. The highest BCUT2D eigenvalue weighted by molar-refractivity contribution is 5.82. The van der Waals surface area contributed by atoms with E-state index >= 15 is 0 Å². The summed E-state index contributed by atoms with van der Waals surface area (Å²) in [7, 11) is 0. The van der Waals surface area contributed by atoms with Gasteiger partial charge in [-0.2, -0.15) is 0 Å². The Morgan fingerprint density at radius 2 is 1.67 bits per heavy atom. The maximum absolute atomic E-state index is 12.3. The van der Waals surface area contributed by atoms with Crippen molar-refractivity contribution in [1.82, 2.24) is 10.6 Å². The van der Waals surface area contributed by atoms with Gasteiger partial charge in [-0.3, -0.25) is 9.59 Å². The van der Waals surface area contributed by atoms with Crippen molar-refractivity contribution in [2.75, 3.05) is 19.7 Å². The molecule has 0 aromatic heterocycles. The average molecular weight is 451 g/mol. The highest BCUT2D eigenvalue weighted by Crippen LogP contribution is 2.44. The lowest BCUT2D eigenvalue weighted by molar-refractivity contribution is -0.142. The number of amides is 2. The van der Waals surface area contributed by atoms with E-state index < -0.39 is 18.0 Å². The third-order valence-electron chi connectivity index (χ3n) is 6.62. The fourth-order valence-corrected chi connectivity index (χ4v) is 4.67. The Labute approximate surface area is 193 Å². The number of nitrogens with one attached hydrogen (secondary N) is 2. The van der Waals surface area contributed by atoms with E-state index in [1.54, 1.807) is 0 Å². The van der Waals surface area contributed by atoms with E-state index in [4.69, 9.17) is 4.74 Å². The van der Waals surface area contributed by atoms with Gasteiger partial charge in [-0.05, 0) is 41.0 Å². The molecule has 1 saturated carbocycles. The van der Waals surface area contributed by atoms with Gasteiger partial charge in [0, 0.05) is 24.9 Å². The van der Waals surface area contributed by atoms with Gasteiger partial charge in [-0.25, -0.2) is 4.79 Å². The van der Waals surface area contributed by atoms with Crippen LogP contribution in [-0.4, -0.2) is 42.8 Å². The number of rotatable bonds is 10. The lowest BCUT2D eigenvalue weighted by Gasteiger charge is -2.14. The molecule has 0 heterocycles. The van der Waals surface area contributed by atoms with E-state index in [-0.39, 0.29) is 36.8 Å². The van der Waals surface area contributed by atoms with Gasteiger partial charge in [0.1, 0.15) is 6.61 Å². The van der Waals surface area contributed by atoms with Crippen LogP contribution in [0.2, 0.25) is 0 Å². The predicted molar refractivity (Wildman–Crippen MR) is 124 cm³/mol. The number of carbonyl (C=O) groups is 3. The number of hydrogen-bond donors (Lipinski definition) is 3. The number of benzene rings is 2. The molecule has 2 aliphatic rings. The molecule has 2 aromatic rings. The van der Waals surface area contributed by atoms with E-state index in [1.165, 1.54) is 11.1 Å². The first-order valence-electron chi connectivity index (χ1n) is 11.6. The minimum Gasteiger partial charge on any atom is -0.481 e. The first-order chi connectivity index (χ1) is 16.0. The summed E-state index contributed by atoms with van der Waals surface area (Å²) >= 11 is 0. The molecular weight excluding hydrogens is 420 g/mol. The molecule has 7 nitrogen and oxygen atoms in total. The monoisotopic (exact) mass is 450 g/mol. The fraction of sp³-hybridized carbons (Fsp3) is 0.423. The van der Waals surface area contributed by atoms with Gasteiger partial charge in [-0.15, -0.1) is 0 Å². The summed E-state index contributed by atoms with van der Waals surface area (Å²) in [6.07, 6.45) is 1.48. The largest absolute Gasteiger partial charge is 0.481 e. The number of fused-ring (bicyclic) bond motifs is 3. The molecule has 3 N–H and O–H groups in total. The van der Waals surface area contributed by atoms with Crippen molar-refractivity contribution in [3.8, 4) is 11.1 Å². The molecule has 0 aliphatic heterocycles. The summed E-state index contributed by atoms with van der Waals surface area (Å²) in [6.45, 7) is 2.68. The van der Waals surface area contributed by atoms with Crippen LogP contribution in [0.4, 0.5) is 4.79 Å². The first-order valence-corrected chi connectivity index (χ1v) is 11.6. The lowest BCUT2D eigenvalue weighted by atomic mass is 9.98. The fourth-order valence-electron chi connectivity index (χ4n) is 4.67. The zero-order valence-corrected chi connectivity index (χ0v) is 18.8. The highest BCUT2D eigenvalue weighted by Gasteiger charge is 2.43. The van der Waals surface area contributed by atoms with Gasteiger partial charge in [0.2, 0.25) is 5.91 Å². The van der Waals surface area contributed by atoms with Crippen molar-refractivity contribution in [3.63, 3.8) is 0 Å². The van der Waals surface area contributed by atoms with E-state index in [0.717, 1.165) is 17.5 Å². The van der Waals surface area contributed by atoms with Crippen LogP contribution in [-0.2, 0) is 14.3 Å². The molecule has 33 heavy (non-hydrogen) atoms. The van der Waals surface area contributed by atoms with Crippen molar-refractivity contribution < 1.29 is 24.2 Å². The normalized spacial score (nSPS) is 19.2. The molecule has 3 atom stereocenters. The minimum atomic E-state index is -0.888. The summed E-state index contributed by atoms with van der Waals surface area (Å²) in [5.41, 5.74) is 4.68. The molecule has 0 bridgehead atoms. The summed E-state index contributed by atoms with van der Waals surface area (Å²) in [6, 6.07) is 16.3. The Morgan fingerprint density at radius 3 is 2.27 bits per heavy atom. The third-order valence-corrected chi connectivity index (χ3v) is 6.62. The molecule has 2 aromatic carbocycles. The zero-order chi connectivity index (χ0) is 23.4. The number of carboxylic acid groups (broad SMARTS) is 1. The summed E-state index contributed by atoms with van der Waals surface area (Å²) in [4.78, 5) is 35.8. The van der Waals surface area contributed by atoms with Crippen molar-refractivity contribution in [2.45, 2.75) is 32.1 Å². The number of carboxylic acids is 1. The lowest BCUT2D eigenvalue weighted by Crippen LogP contribution is -2.35. The van der Waals surface area contributed by atoms with Gasteiger partial charge in [0.15, 0.2) is 0 Å². The summed E-state index contributed by atoms with van der Waals surface area (Å²) in [5.74, 6) is -1.71. The zero-order valence-electron chi connectivity index (χ0n) is 18.8. The van der Waals surface area contributed by atoms with E-state index in [2.05, 4.69) is 34.9 Å². The molecule has 1 unspecified atom stereocenters. The van der Waals surface area contributed by atoms with Gasteiger partial charge in [-0.1, -0.05) is 61.9 Å². The van der Waals surface area contributed by atoms with Crippen molar-refractivity contribution in [1.29, 1.82) is 0 Å². The minimum absolute atomic E-state index is 0.00732. The highest BCUT2D eigenvalue weighted by atomic mass is 16.5. The van der Waals surface area contributed by atoms with Crippen LogP contribution in [0.3, 0.4) is 0 Å². The van der Waals surface area contributed by atoms with Crippen LogP contribution in [0.1, 0.15) is 43.2 Å². The van der Waals surface area contributed by atoms with Crippen LogP contribution in [0, 0.1) is 17.8 Å². The van der Waals surface area contributed by atoms with E-state index in [0.29, 0.717) is 19.4 Å². The van der Waals surface area contributed by atoms with Crippen LogP contribution in [0.5, 0.6) is 0 Å². The average Bonchev–Trinajstić information content (AvgIpc) is 3.54. The number of alkyl carbamates (subject to hydrolysis) is 1. The van der Waals surface area contributed by atoms with Gasteiger partial charge in [0.25, 0.3) is 0 Å². The molecule has 2 aliphatic carbocycles. The SMILES string of the molecule is CCCC(CNC(=O)[C@H]1C[C@H]1CNC(=O)OCC1c2ccccc2-c2ccccc21)C(=O)O. The summed E-state index contributed by atoms with van der Waals surface area (Å²) < 4.78 is 5.53. The first kappa shape index (κ1) is 22.8. The summed E-state index contributed by atoms with van der Waals surface area (Å²) in [5, 5.41) is 14.7. The van der Waals surface area contributed by atoms with E-state index in [9.17, 15) is 19.5 Å². The quantitative estimate of drug-likeness (QED) is 0.511. The van der Waals surface area contributed by atoms with E-state index in [1.807, 2.05) is 31.2 Å². The standard InChI is InChI=1S/C26H30N2O5/c1-2-7-16(25(30)31)13-27-24(29)22-12-17(22)14-28-26(32)33-15-23-20-10-5-3-8-18(20)19-9-4-6-11-21(19)23/h3-6,8-11,16-17,22-23H,2,7,12-15H2,1H3,(H,27,29)(H,28,32)(H,30,31)/t16?,17-,22-/m0/s1. The molecule has 0 saturated heterocycles. The smallest absolute Gasteiger partial charge is 0.407 e. The topological polar surface area (TPSA) is 105 Å². The van der Waals surface area contributed by atoms with Crippen molar-refractivity contribution >= 4 is 18.0 Å². The Morgan fingerprint density at radius 1 is 1.03 bits per heavy atom. The van der Waals surface area contributed by atoms with Crippen molar-refractivity contribution in [3.05, 3.63) is 59.7 Å². The second kappa shape index (κ2) is 10.1. The number of hydrogen-bond acceptors (Lipinski definition) is 4. The molecule has 4 rings (SSSR count). The predicted octanol–water partition coefficient (Wildman–Crippen LogP) is 3.78.